The van der Waals surface area contributed by atoms with Gasteiger partial charge in [-0.3, -0.25) is 0 Å². The smallest absolute Gasteiger partial charge is 0.399 e. The number of anilines is 2. The second kappa shape index (κ2) is 8.17. The predicted octanol–water partition coefficient (Wildman–Crippen LogP) is 4.41. The average Bonchev–Trinajstić information content (AvgIpc) is 2.58. The number of nitrogens with two attached hydrogens (primary N) is 1. The van der Waals surface area contributed by atoms with Crippen LogP contribution in [-0.4, -0.2) is 16.5 Å². The third-order valence-corrected chi connectivity index (χ3v) is 3.43. The molecule has 0 saturated heterocycles. The molecule has 11 heteroatoms. The summed E-state index contributed by atoms with van der Waals surface area (Å²) in [5, 5.41) is 5.31. The fraction of sp³-hybridized carbons (Fsp3) is 0.200. The van der Waals surface area contributed by atoms with E-state index in [9.17, 15) is 22.0 Å². The predicted molar refractivity (Wildman–Crippen MR) is 87.8 cm³/mol. The number of benzene rings is 1. The molecule has 1 aromatic heterocycles. The Kier molecular flexibility index (Phi) is 6.19. The third kappa shape index (κ3) is 5.45. The van der Waals surface area contributed by atoms with E-state index in [4.69, 9.17) is 17.3 Å². The summed E-state index contributed by atoms with van der Waals surface area (Å²) >= 11 is 5.67. The minimum atomic E-state index is -4.52. The van der Waals surface area contributed by atoms with E-state index in [-0.39, 0.29) is 28.8 Å². The largest absolute Gasteiger partial charge is 0.419 e. The van der Waals surface area contributed by atoms with E-state index in [0.29, 0.717) is 18.1 Å². The highest BCUT2D eigenvalue weighted by atomic mass is 35.5. The van der Waals surface area contributed by atoms with Crippen LogP contribution in [-0.2, 0) is 6.18 Å². The lowest BCUT2D eigenvalue weighted by atomic mass is 10.2. The van der Waals surface area contributed by atoms with E-state index in [1.807, 2.05) is 0 Å². The fourth-order valence-electron chi connectivity index (χ4n) is 1.77. The number of aromatic nitrogens is 2. The summed E-state index contributed by atoms with van der Waals surface area (Å²) < 4.78 is 62.8. The van der Waals surface area contributed by atoms with Crippen LogP contribution in [0.25, 0.3) is 0 Å². The van der Waals surface area contributed by atoms with E-state index in [2.05, 4.69) is 20.6 Å². The van der Waals surface area contributed by atoms with Gasteiger partial charge in [0.1, 0.15) is 0 Å². The van der Waals surface area contributed by atoms with Crippen molar-refractivity contribution in [2.75, 3.05) is 17.2 Å². The van der Waals surface area contributed by atoms with Crippen LogP contribution < -0.4 is 16.4 Å². The van der Waals surface area contributed by atoms with Crippen molar-refractivity contribution in [3.63, 3.8) is 0 Å². The van der Waals surface area contributed by atoms with Crippen molar-refractivity contribution < 1.29 is 22.0 Å². The number of hydrogen-bond donors (Lipinski definition) is 3. The minimum absolute atomic E-state index is 0.0215. The van der Waals surface area contributed by atoms with Crippen molar-refractivity contribution >= 4 is 23.2 Å². The van der Waals surface area contributed by atoms with Gasteiger partial charge in [0, 0.05) is 40.6 Å². The molecule has 0 atom stereocenters. The number of nitrogens with zero attached hydrogens (tertiary/aromatic N) is 2. The van der Waals surface area contributed by atoms with Crippen LogP contribution in [0.15, 0.2) is 42.5 Å². The standard InChI is InChI=1S/C15H13ClF5N5/c16-12-2-1-10(3-11(12)13(17)18)23-6-9(22)7-26-14-24-4-8(5-25-14)15(19,20)21/h1-6,13,23H,7,22H2,(H,24,25,26)/b9-6-. The van der Waals surface area contributed by atoms with Crippen LogP contribution in [0.1, 0.15) is 17.6 Å². The van der Waals surface area contributed by atoms with Crippen molar-refractivity contribution in [3.8, 4) is 0 Å². The summed E-state index contributed by atoms with van der Waals surface area (Å²) in [6, 6.07) is 4.00. The van der Waals surface area contributed by atoms with Gasteiger partial charge in [0.2, 0.25) is 5.95 Å². The molecule has 0 saturated carbocycles. The van der Waals surface area contributed by atoms with Crippen molar-refractivity contribution in [2.45, 2.75) is 12.6 Å². The average molecular weight is 394 g/mol. The van der Waals surface area contributed by atoms with E-state index in [1.165, 1.54) is 24.4 Å². The molecule has 0 radical (unpaired) electrons. The van der Waals surface area contributed by atoms with Crippen LogP contribution in [0.2, 0.25) is 5.02 Å². The van der Waals surface area contributed by atoms with Crippen LogP contribution in [0.5, 0.6) is 0 Å². The van der Waals surface area contributed by atoms with Crippen molar-refractivity contribution in [3.05, 3.63) is 58.6 Å². The Morgan fingerprint density at radius 2 is 1.88 bits per heavy atom. The lowest BCUT2D eigenvalue weighted by Crippen LogP contribution is -2.15. The lowest BCUT2D eigenvalue weighted by Gasteiger charge is -2.09. The van der Waals surface area contributed by atoms with Crippen LogP contribution >= 0.6 is 11.6 Å². The van der Waals surface area contributed by atoms with Crippen molar-refractivity contribution in [1.29, 1.82) is 0 Å². The van der Waals surface area contributed by atoms with Gasteiger partial charge in [0.15, 0.2) is 0 Å². The topological polar surface area (TPSA) is 75.9 Å². The maximum absolute atomic E-state index is 12.8. The summed E-state index contributed by atoms with van der Waals surface area (Å²) in [7, 11) is 0. The molecule has 0 amide bonds. The Bertz CT molecular complexity index is 777. The second-order valence-corrected chi connectivity index (χ2v) is 5.45. The Balaban J connectivity index is 1.93. The molecular formula is C15H13ClF5N5. The molecule has 0 aliphatic carbocycles. The van der Waals surface area contributed by atoms with Gasteiger partial charge in [-0.25, -0.2) is 18.7 Å². The highest BCUT2D eigenvalue weighted by Crippen LogP contribution is 2.29. The van der Waals surface area contributed by atoms with E-state index in [1.54, 1.807) is 0 Å². The van der Waals surface area contributed by atoms with Gasteiger partial charge in [-0.15, -0.1) is 0 Å². The third-order valence-electron chi connectivity index (χ3n) is 3.09. The number of halogens is 6. The molecule has 140 valence electrons. The van der Waals surface area contributed by atoms with E-state index < -0.39 is 18.2 Å². The lowest BCUT2D eigenvalue weighted by molar-refractivity contribution is -0.138. The van der Waals surface area contributed by atoms with Crippen molar-refractivity contribution in [2.24, 2.45) is 5.73 Å². The maximum atomic E-state index is 12.8. The number of nitrogens with one attached hydrogen (secondary N) is 2. The maximum Gasteiger partial charge on any atom is 0.419 e. The Morgan fingerprint density at radius 1 is 1.23 bits per heavy atom. The summed E-state index contributed by atoms with van der Waals surface area (Å²) in [5.74, 6) is -0.0409. The molecule has 2 rings (SSSR count). The van der Waals surface area contributed by atoms with Crippen LogP contribution in [0, 0.1) is 0 Å². The Morgan fingerprint density at radius 3 is 2.46 bits per heavy atom. The molecule has 4 N–H and O–H groups in total. The highest BCUT2D eigenvalue weighted by molar-refractivity contribution is 6.31. The van der Waals surface area contributed by atoms with E-state index in [0.717, 1.165) is 0 Å². The second-order valence-electron chi connectivity index (χ2n) is 5.05. The normalized spacial score (nSPS) is 12.3. The first kappa shape index (κ1) is 19.7. The van der Waals surface area contributed by atoms with Gasteiger partial charge in [-0.05, 0) is 18.2 Å². The SMILES string of the molecule is N/C(=C\Nc1ccc(Cl)c(C(F)F)c1)CNc1ncc(C(F)(F)F)cn1. The number of rotatable bonds is 6. The van der Waals surface area contributed by atoms with Gasteiger partial charge in [-0.2, -0.15) is 13.2 Å². The molecule has 0 spiro atoms. The monoisotopic (exact) mass is 393 g/mol. The van der Waals surface area contributed by atoms with Crippen LogP contribution in [0.4, 0.5) is 33.6 Å². The molecule has 0 fully saturated rings. The zero-order chi connectivity index (χ0) is 19.3. The molecule has 5 nitrogen and oxygen atoms in total. The zero-order valence-corrected chi connectivity index (χ0v) is 13.7. The molecule has 1 aromatic carbocycles. The molecule has 1 heterocycles. The molecule has 0 aliphatic rings. The highest BCUT2D eigenvalue weighted by Gasteiger charge is 2.31. The van der Waals surface area contributed by atoms with Gasteiger partial charge in [-0.1, -0.05) is 11.6 Å². The van der Waals surface area contributed by atoms with Gasteiger partial charge in [0.05, 0.1) is 12.1 Å². The molecule has 0 bridgehead atoms. The first-order chi connectivity index (χ1) is 12.2. The molecule has 2 aromatic rings. The minimum Gasteiger partial charge on any atom is -0.399 e. The van der Waals surface area contributed by atoms with Gasteiger partial charge < -0.3 is 16.4 Å². The molecule has 0 aliphatic heterocycles. The summed E-state index contributed by atoms with van der Waals surface area (Å²) in [5.41, 5.74) is 5.02. The Labute approximate surface area is 150 Å². The summed E-state index contributed by atoms with van der Waals surface area (Å²) in [6.45, 7) is 0.0215. The number of alkyl halides is 5. The Hall–Kier alpha value is -2.62. The summed E-state index contributed by atoms with van der Waals surface area (Å²) in [6.07, 6.45) is -4.60. The first-order valence-electron chi connectivity index (χ1n) is 7.08. The summed E-state index contributed by atoms with van der Waals surface area (Å²) in [4.78, 5) is 7.07. The van der Waals surface area contributed by atoms with Gasteiger partial charge in [0.25, 0.3) is 6.43 Å². The van der Waals surface area contributed by atoms with Gasteiger partial charge >= 0.3 is 6.18 Å². The van der Waals surface area contributed by atoms with Crippen molar-refractivity contribution in [1.82, 2.24) is 9.97 Å². The van der Waals surface area contributed by atoms with Crippen LogP contribution in [0.3, 0.4) is 0 Å². The molecular weight excluding hydrogens is 381 g/mol. The zero-order valence-electron chi connectivity index (χ0n) is 13.0. The first-order valence-corrected chi connectivity index (χ1v) is 7.46. The van der Waals surface area contributed by atoms with E-state index >= 15 is 0 Å². The molecule has 26 heavy (non-hydrogen) atoms. The fourth-order valence-corrected chi connectivity index (χ4v) is 1.97. The quantitative estimate of drug-likeness (QED) is 0.634. The molecule has 0 unspecified atom stereocenters. The number of hydrogen-bond acceptors (Lipinski definition) is 5.